The molecule has 0 saturated heterocycles. The van der Waals surface area contributed by atoms with E-state index in [9.17, 15) is 29.4 Å². The topological polar surface area (TPSA) is 155 Å². The van der Waals surface area contributed by atoms with Crippen molar-refractivity contribution in [3.8, 4) is 11.5 Å². The van der Waals surface area contributed by atoms with Gasteiger partial charge in [-0.05, 0) is 29.8 Å². The van der Waals surface area contributed by atoms with Gasteiger partial charge in [0.2, 0.25) is 0 Å². The van der Waals surface area contributed by atoms with Gasteiger partial charge in [-0.1, -0.05) is 18.2 Å². The second-order valence-electron chi connectivity index (χ2n) is 7.76. The molecule has 0 bridgehead atoms. The van der Waals surface area contributed by atoms with Crippen LogP contribution in [0.3, 0.4) is 0 Å². The standard InChI is InChI=1S/C24H19FN4O8/c1-35-20-10-8-16-21(37-24(30)22(16)23(20)36-2)12-18(13-3-5-14(25)6-4-13)27-26-17-9-7-15(28(31)32)11-19(17)29(33)34/h3-11,21,26H,12H2,1-2H3/b27-18-. The van der Waals surface area contributed by atoms with Crippen molar-refractivity contribution in [2.75, 3.05) is 19.6 Å². The first kappa shape index (κ1) is 25.0. The quantitative estimate of drug-likeness (QED) is 0.185. The normalized spacial score (nSPS) is 14.5. The van der Waals surface area contributed by atoms with Gasteiger partial charge in [0.05, 0.1) is 35.8 Å². The number of rotatable bonds is 9. The minimum Gasteiger partial charge on any atom is -0.493 e. The third-order valence-electron chi connectivity index (χ3n) is 5.63. The summed E-state index contributed by atoms with van der Waals surface area (Å²) in [5.41, 5.74) is 2.87. The number of ether oxygens (including phenoxy) is 3. The van der Waals surface area contributed by atoms with Crippen molar-refractivity contribution in [3.63, 3.8) is 0 Å². The first-order chi connectivity index (χ1) is 17.7. The number of cyclic esters (lactones) is 1. The van der Waals surface area contributed by atoms with Gasteiger partial charge in [-0.2, -0.15) is 5.10 Å². The fraction of sp³-hybridized carbons (Fsp3) is 0.167. The van der Waals surface area contributed by atoms with E-state index >= 15 is 0 Å². The van der Waals surface area contributed by atoms with Gasteiger partial charge in [0, 0.05) is 18.1 Å². The Balaban J connectivity index is 1.73. The van der Waals surface area contributed by atoms with Gasteiger partial charge in [0.25, 0.3) is 5.69 Å². The van der Waals surface area contributed by atoms with Gasteiger partial charge < -0.3 is 14.2 Å². The lowest BCUT2D eigenvalue weighted by atomic mass is 9.97. The predicted molar refractivity (Wildman–Crippen MR) is 129 cm³/mol. The zero-order chi connectivity index (χ0) is 26.7. The highest BCUT2D eigenvalue weighted by Gasteiger charge is 2.36. The zero-order valence-corrected chi connectivity index (χ0v) is 19.5. The van der Waals surface area contributed by atoms with Crippen molar-refractivity contribution >= 4 is 28.7 Å². The summed E-state index contributed by atoms with van der Waals surface area (Å²) < 4.78 is 29.7. The van der Waals surface area contributed by atoms with Crippen LogP contribution >= 0.6 is 0 Å². The van der Waals surface area contributed by atoms with Gasteiger partial charge in [-0.25, -0.2) is 9.18 Å². The van der Waals surface area contributed by atoms with E-state index in [0.29, 0.717) is 16.9 Å². The smallest absolute Gasteiger partial charge is 0.343 e. The molecule has 0 aliphatic carbocycles. The molecule has 0 radical (unpaired) electrons. The Morgan fingerprint density at radius 2 is 1.78 bits per heavy atom. The van der Waals surface area contributed by atoms with Crippen LogP contribution in [0.15, 0.2) is 59.7 Å². The molecule has 1 aliphatic rings. The second-order valence-corrected chi connectivity index (χ2v) is 7.76. The fourth-order valence-electron chi connectivity index (χ4n) is 3.88. The highest BCUT2D eigenvalue weighted by molar-refractivity contribution is 6.03. The van der Waals surface area contributed by atoms with Crippen molar-refractivity contribution < 1.29 is 33.2 Å². The number of nitro groups is 2. The third-order valence-corrected chi connectivity index (χ3v) is 5.63. The summed E-state index contributed by atoms with van der Waals surface area (Å²) in [6.45, 7) is 0. The summed E-state index contributed by atoms with van der Waals surface area (Å²) in [6.07, 6.45) is -0.798. The van der Waals surface area contributed by atoms with Gasteiger partial charge in [-0.15, -0.1) is 0 Å². The van der Waals surface area contributed by atoms with E-state index in [1.807, 2.05) is 0 Å². The monoisotopic (exact) mass is 510 g/mol. The van der Waals surface area contributed by atoms with Crippen molar-refractivity contribution in [2.45, 2.75) is 12.5 Å². The Hall–Kier alpha value is -5.07. The molecule has 0 amide bonds. The van der Waals surface area contributed by atoms with Crippen LogP contribution in [0.1, 0.15) is 34.0 Å². The predicted octanol–water partition coefficient (Wildman–Crippen LogP) is 4.78. The molecule has 190 valence electrons. The number of hydrogen-bond acceptors (Lipinski definition) is 10. The molecule has 12 nitrogen and oxygen atoms in total. The first-order valence-electron chi connectivity index (χ1n) is 10.7. The molecular formula is C24H19FN4O8. The minimum atomic E-state index is -0.806. The Kier molecular flexibility index (Phi) is 6.95. The molecule has 1 N–H and O–H groups in total. The summed E-state index contributed by atoms with van der Waals surface area (Å²) in [6, 6.07) is 11.7. The Morgan fingerprint density at radius 3 is 2.41 bits per heavy atom. The molecule has 37 heavy (non-hydrogen) atoms. The number of carbonyl (C=O) groups is 1. The summed E-state index contributed by atoms with van der Waals surface area (Å²) in [5, 5.41) is 26.8. The van der Waals surface area contributed by atoms with Crippen LogP contribution in [-0.4, -0.2) is 35.7 Å². The van der Waals surface area contributed by atoms with Crippen LogP contribution in [-0.2, 0) is 4.74 Å². The summed E-state index contributed by atoms with van der Waals surface area (Å²) in [4.78, 5) is 33.7. The van der Waals surface area contributed by atoms with E-state index in [4.69, 9.17) is 14.2 Å². The van der Waals surface area contributed by atoms with E-state index in [0.717, 1.165) is 18.2 Å². The van der Waals surface area contributed by atoms with Crippen molar-refractivity contribution in [1.82, 2.24) is 0 Å². The molecule has 0 saturated carbocycles. The molecule has 1 aliphatic heterocycles. The van der Waals surface area contributed by atoms with E-state index in [1.54, 1.807) is 12.1 Å². The first-order valence-corrected chi connectivity index (χ1v) is 10.7. The highest BCUT2D eigenvalue weighted by atomic mass is 19.1. The van der Waals surface area contributed by atoms with Crippen LogP contribution < -0.4 is 14.9 Å². The number of benzene rings is 3. The SMILES string of the molecule is COc1ccc2c(c1OC)C(=O)OC2C/C(=N/Nc1ccc([N+](=O)[O-])cc1[N+](=O)[O-])c1ccc(F)cc1. The zero-order valence-electron chi connectivity index (χ0n) is 19.5. The minimum absolute atomic E-state index is 0.00757. The Morgan fingerprint density at radius 1 is 1.05 bits per heavy atom. The number of methoxy groups -OCH3 is 2. The molecular weight excluding hydrogens is 491 g/mol. The van der Waals surface area contributed by atoms with Crippen molar-refractivity contribution in [2.24, 2.45) is 5.10 Å². The number of hydrazone groups is 1. The number of non-ortho nitro benzene ring substituents is 1. The Labute approximate surface area is 208 Å². The number of carbonyl (C=O) groups excluding carboxylic acids is 1. The number of hydrogen-bond donors (Lipinski definition) is 1. The molecule has 1 atom stereocenters. The van der Waals surface area contributed by atoms with Gasteiger partial charge in [-0.3, -0.25) is 25.7 Å². The largest absolute Gasteiger partial charge is 0.493 e. The van der Waals surface area contributed by atoms with Crippen LogP contribution in [0, 0.1) is 26.0 Å². The molecule has 0 aromatic heterocycles. The Bertz CT molecular complexity index is 1420. The molecule has 4 rings (SSSR count). The van der Waals surface area contributed by atoms with Crippen LogP contribution in [0.4, 0.5) is 21.5 Å². The average molecular weight is 510 g/mol. The van der Waals surface area contributed by atoms with Gasteiger partial charge in [0.1, 0.15) is 23.2 Å². The number of halogens is 1. The molecule has 1 heterocycles. The maximum atomic E-state index is 13.6. The number of esters is 1. The molecule has 0 spiro atoms. The fourth-order valence-corrected chi connectivity index (χ4v) is 3.88. The summed E-state index contributed by atoms with van der Waals surface area (Å²) in [5.74, 6) is -0.560. The van der Waals surface area contributed by atoms with Crippen LogP contribution in [0.2, 0.25) is 0 Å². The summed E-state index contributed by atoms with van der Waals surface area (Å²) >= 11 is 0. The number of nitrogens with zero attached hydrogens (tertiary/aromatic N) is 3. The molecule has 3 aromatic rings. The van der Waals surface area contributed by atoms with Gasteiger partial charge in [0.15, 0.2) is 11.5 Å². The number of nitrogens with one attached hydrogen (secondary N) is 1. The lowest BCUT2D eigenvalue weighted by Crippen LogP contribution is -2.11. The van der Waals surface area contributed by atoms with Crippen molar-refractivity contribution in [1.29, 1.82) is 0 Å². The number of fused-ring (bicyclic) bond motifs is 1. The van der Waals surface area contributed by atoms with Crippen molar-refractivity contribution in [3.05, 3.63) is 97.3 Å². The lowest BCUT2D eigenvalue weighted by Gasteiger charge is -2.15. The average Bonchev–Trinajstić information content (AvgIpc) is 3.21. The van der Waals surface area contributed by atoms with E-state index in [2.05, 4.69) is 10.5 Å². The van der Waals surface area contributed by atoms with Gasteiger partial charge >= 0.3 is 11.7 Å². The molecule has 13 heteroatoms. The van der Waals surface area contributed by atoms with E-state index in [-0.39, 0.29) is 29.1 Å². The summed E-state index contributed by atoms with van der Waals surface area (Å²) in [7, 11) is 2.83. The maximum absolute atomic E-state index is 13.6. The molecule has 0 fully saturated rings. The van der Waals surface area contributed by atoms with E-state index in [1.165, 1.54) is 38.5 Å². The highest BCUT2D eigenvalue weighted by Crippen LogP contribution is 2.43. The third kappa shape index (κ3) is 5.00. The van der Waals surface area contributed by atoms with E-state index < -0.39 is 39.1 Å². The number of nitro benzene ring substituents is 2. The lowest BCUT2D eigenvalue weighted by molar-refractivity contribution is -0.393. The second kappa shape index (κ2) is 10.3. The molecule has 1 unspecified atom stereocenters. The maximum Gasteiger partial charge on any atom is 0.343 e. The van der Waals surface area contributed by atoms with Crippen LogP contribution in [0.25, 0.3) is 0 Å². The number of anilines is 1. The van der Waals surface area contributed by atoms with Crippen LogP contribution in [0.5, 0.6) is 11.5 Å². The molecule has 3 aromatic carbocycles.